The van der Waals surface area contributed by atoms with Gasteiger partial charge < -0.3 is 11.1 Å². The predicted molar refractivity (Wildman–Crippen MR) is 89.3 cm³/mol. The number of hydrogen-bond acceptors (Lipinski definition) is 4. The van der Waals surface area contributed by atoms with Gasteiger partial charge in [-0.2, -0.15) is 8.42 Å². The Balaban J connectivity index is 0.000000422. The highest BCUT2D eigenvalue weighted by atomic mass is 79.9. The number of benzene rings is 1. The van der Waals surface area contributed by atoms with Crippen molar-refractivity contribution in [2.45, 2.75) is 37.8 Å². The van der Waals surface area contributed by atoms with E-state index in [4.69, 9.17) is 10.3 Å². The first-order chi connectivity index (χ1) is 10.2. The van der Waals surface area contributed by atoms with E-state index in [0.717, 1.165) is 23.7 Å². The van der Waals surface area contributed by atoms with E-state index in [9.17, 15) is 13.2 Å². The van der Waals surface area contributed by atoms with Crippen molar-refractivity contribution in [1.82, 2.24) is 5.32 Å². The summed E-state index contributed by atoms with van der Waals surface area (Å²) >= 11 is 3.35. The molecule has 1 aliphatic rings. The van der Waals surface area contributed by atoms with E-state index in [-0.39, 0.29) is 18.0 Å². The van der Waals surface area contributed by atoms with E-state index in [0.29, 0.717) is 11.8 Å². The van der Waals surface area contributed by atoms with Crippen LogP contribution in [0.1, 0.15) is 36.0 Å². The molecule has 124 valence electrons. The van der Waals surface area contributed by atoms with E-state index >= 15 is 0 Å². The number of amides is 1. The van der Waals surface area contributed by atoms with E-state index < -0.39 is 10.1 Å². The SMILES string of the molecule is CS(=O)(=O)O.NC1CCCCC1NC(=O)c1ccc(Br)cc1. The van der Waals surface area contributed by atoms with Crippen LogP contribution in [0.5, 0.6) is 0 Å². The van der Waals surface area contributed by atoms with E-state index in [1.54, 1.807) is 0 Å². The number of carbonyl (C=O) groups excluding carboxylic acids is 1. The molecule has 1 amide bonds. The summed E-state index contributed by atoms with van der Waals surface area (Å²) in [4.78, 5) is 12.0. The molecule has 22 heavy (non-hydrogen) atoms. The van der Waals surface area contributed by atoms with Crippen molar-refractivity contribution < 1.29 is 17.8 Å². The van der Waals surface area contributed by atoms with Crippen LogP contribution < -0.4 is 11.1 Å². The maximum absolute atomic E-state index is 12.0. The van der Waals surface area contributed by atoms with Gasteiger partial charge in [0.05, 0.1) is 6.26 Å². The molecule has 4 N–H and O–H groups in total. The van der Waals surface area contributed by atoms with Crippen molar-refractivity contribution in [3.63, 3.8) is 0 Å². The minimum atomic E-state index is -3.67. The molecule has 0 aromatic heterocycles. The lowest BCUT2D eigenvalue weighted by molar-refractivity contribution is 0.0921. The van der Waals surface area contributed by atoms with Crippen LogP contribution in [0, 0.1) is 0 Å². The molecule has 1 aliphatic carbocycles. The maximum Gasteiger partial charge on any atom is 0.261 e. The molecule has 0 radical (unpaired) electrons. The Bertz CT molecular complexity index is 581. The Hall–Kier alpha value is -0.960. The van der Waals surface area contributed by atoms with Crippen molar-refractivity contribution in [1.29, 1.82) is 0 Å². The topological polar surface area (TPSA) is 109 Å². The molecule has 6 nitrogen and oxygen atoms in total. The van der Waals surface area contributed by atoms with E-state index in [1.807, 2.05) is 24.3 Å². The zero-order valence-corrected chi connectivity index (χ0v) is 14.7. The molecule has 2 rings (SSSR count). The van der Waals surface area contributed by atoms with Crippen LogP contribution in [0.4, 0.5) is 0 Å². The fourth-order valence-electron chi connectivity index (χ4n) is 2.19. The fourth-order valence-corrected chi connectivity index (χ4v) is 2.46. The van der Waals surface area contributed by atoms with Gasteiger partial charge in [-0.05, 0) is 37.1 Å². The van der Waals surface area contributed by atoms with Gasteiger partial charge >= 0.3 is 0 Å². The van der Waals surface area contributed by atoms with Crippen molar-refractivity contribution in [3.05, 3.63) is 34.3 Å². The first-order valence-corrected chi connectivity index (χ1v) is 9.55. The molecule has 1 fully saturated rings. The largest absolute Gasteiger partial charge is 0.348 e. The van der Waals surface area contributed by atoms with E-state index in [2.05, 4.69) is 21.2 Å². The zero-order valence-electron chi connectivity index (χ0n) is 12.3. The first-order valence-electron chi connectivity index (χ1n) is 6.91. The molecule has 2 atom stereocenters. The van der Waals surface area contributed by atoms with Crippen LogP contribution in [0.2, 0.25) is 0 Å². The minimum Gasteiger partial charge on any atom is -0.348 e. The number of nitrogens with two attached hydrogens (primary N) is 1. The second-order valence-corrected chi connectivity index (χ2v) is 7.65. The van der Waals surface area contributed by atoms with Crippen molar-refractivity contribution >= 4 is 32.0 Å². The Kier molecular flexibility index (Phi) is 7.47. The summed E-state index contributed by atoms with van der Waals surface area (Å²) in [5.74, 6) is -0.0279. The monoisotopic (exact) mass is 392 g/mol. The highest BCUT2D eigenvalue weighted by molar-refractivity contribution is 9.10. The van der Waals surface area contributed by atoms with Gasteiger partial charge in [-0.25, -0.2) is 0 Å². The van der Waals surface area contributed by atoms with Gasteiger partial charge in [0.1, 0.15) is 0 Å². The summed E-state index contributed by atoms with van der Waals surface area (Å²) in [5, 5.41) is 3.03. The van der Waals surface area contributed by atoms with Crippen LogP contribution in [0.3, 0.4) is 0 Å². The maximum atomic E-state index is 12.0. The second-order valence-electron chi connectivity index (χ2n) is 5.27. The quantitative estimate of drug-likeness (QED) is 0.666. The lowest BCUT2D eigenvalue weighted by atomic mass is 9.91. The summed E-state index contributed by atoms with van der Waals surface area (Å²) < 4.78 is 26.8. The molecule has 1 aromatic rings. The molecular formula is C14H21BrN2O4S. The number of rotatable bonds is 2. The van der Waals surface area contributed by atoms with Crippen LogP contribution in [-0.4, -0.2) is 37.2 Å². The van der Waals surface area contributed by atoms with Gasteiger partial charge in [-0.3, -0.25) is 9.35 Å². The highest BCUT2D eigenvalue weighted by Crippen LogP contribution is 2.17. The number of halogens is 1. The summed E-state index contributed by atoms with van der Waals surface area (Å²) in [6, 6.07) is 7.59. The Labute approximate surface area is 139 Å². The lowest BCUT2D eigenvalue weighted by Gasteiger charge is -2.29. The standard InChI is InChI=1S/C13H17BrN2O.CH4O3S/c14-10-7-5-9(6-8-10)13(17)16-12-4-2-1-3-11(12)15;1-5(2,3)4/h5-8,11-12H,1-4,15H2,(H,16,17);1H3,(H,2,3,4). The smallest absolute Gasteiger partial charge is 0.261 e. The van der Waals surface area contributed by atoms with Gasteiger partial charge in [-0.15, -0.1) is 0 Å². The molecule has 1 aromatic carbocycles. The summed E-state index contributed by atoms with van der Waals surface area (Å²) in [7, 11) is -3.67. The highest BCUT2D eigenvalue weighted by Gasteiger charge is 2.23. The fraction of sp³-hybridized carbons (Fsp3) is 0.500. The predicted octanol–water partition coefficient (Wildman–Crippen LogP) is 1.95. The summed E-state index contributed by atoms with van der Waals surface area (Å²) in [6.45, 7) is 0. The van der Waals surface area contributed by atoms with Crippen LogP contribution >= 0.6 is 15.9 Å². The summed E-state index contributed by atoms with van der Waals surface area (Å²) in [6.07, 6.45) is 5.03. The number of hydrogen-bond donors (Lipinski definition) is 3. The van der Waals surface area contributed by atoms with Gasteiger partial charge in [-0.1, -0.05) is 28.8 Å². The van der Waals surface area contributed by atoms with Gasteiger partial charge in [0.15, 0.2) is 0 Å². The third-order valence-corrected chi connectivity index (χ3v) is 3.77. The Morgan fingerprint density at radius 3 is 2.27 bits per heavy atom. The number of carbonyl (C=O) groups is 1. The molecule has 0 spiro atoms. The van der Waals surface area contributed by atoms with Crippen LogP contribution in [0.15, 0.2) is 28.7 Å². The molecule has 1 saturated carbocycles. The van der Waals surface area contributed by atoms with Gasteiger partial charge in [0.25, 0.3) is 16.0 Å². The Morgan fingerprint density at radius 1 is 1.27 bits per heavy atom. The van der Waals surface area contributed by atoms with Crippen LogP contribution in [0.25, 0.3) is 0 Å². The van der Waals surface area contributed by atoms with Gasteiger partial charge in [0.2, 0.25) is 0 Å². The van der Waals surface area contributed by atoms with Gasteiger partial charge in [0, 0.05) is 22.1 Å². The third kappa shape index (κ3) is 7.88. The average Bonchev–Trinajstić information content (AvgIpc) is 2.40. The molecule has 8 heteroatoms. The average molecular weight is 393 g/mol. The van der Waals surface area contributed by atoms with Crippen molar-refractivity contribution in [2.75, 3.05) is 6.26 Å². The van der Waals surface area contributed by atoms with Crippen molar-refractivity contribution in [2.24, 2.45) is 5.73 Å². The van der Waals surface area contributed by atoms with Crippen molar-refractivity contribution in [3.8, 4) is 0 Å². The Morgan fingerprint density at radius 2 is 1.77 bits per heavy atom. The first kappa shape index (κ1) is 19.1. The molecule has 0 saturated heterocycles. The summed E-state index contributed by atoms with van der Waals surface area (Å²) in [5.41, 5.74) is 6.69. The second kappa shape index (κ2) is 8.61. The molecule has 0 bridgehead atoms. The number of nitrogens with one attached hydrogen (secondary N) is 1. The third-order valence-electron chi connectivity index (χ3n) is 3.24. The van der Waals surface area contributed by atoms with Crippen LogP contribution in [-0.2, 0) is 10.1 Å². The molecule has 0 heterocycles. The molecular weight excluding hydrogens is 372 g/mol. The molecule has 2 unspecified atom stereocenters. The van der Waals surface area contributed by atoms with E-state index in [1.165, 1.54) is 6.42 Å². The lowest BCUT2D eigenvalue weighted by Crippen LogP contribution is -2.49. The zero-order chi connectivity index (χ0) is 16.8. The minimum absolute atomic E-state index is 0.0279. The normalized spacial score (nSPS) is 21.5. The molecule has 0 aliphatic heterocycles.